The van der Waals surface area contributed by atoms with Crippen molar-refractivity contribution in [1.29, 1.82) is 0 Å². The van der Waals surface area contributed by atoms with Gasteiger partial charge in [0, 0.05) is 12.6 Å². The van der Waals surface area contributed by atoms with Gasteiger partial charge in [-0.1, -0.05) is 18.2 Å². The fraction of sp³-hybridized carbons (Fsp3) is 0.316. The Labute approximate surface area is 137 Å². The van der Waals surface area contributed by atoms with Gasteiger partial charge in [-0.2, -0.15) is 0 Å². The van der Waals surface area contributed by atoms with E-state index in [1.165, 1.54) is 0 Å². The molecular formula is C19H23NO3. The highest BCUT2D eigenvalue weighted by Gasteiger charge is 2.13. The monoisotopic (exact) mass is 313 g/mol. The van der Waals surface area contributed by atoms with Crippen LogP contribution in [-0.4, -0.2) is 37.6 Å². The Morgan fingerprint density at radius 1 is 1.09 bits per heavy atom. The third-order valence-electron chi connectivity index (χ3n) is 3.51. The van der Waals surface area contributed by atoms with Gasteiger partial charge in [0.1, 0.15) is 18.1 Å². The molecule has 4 heteroatoms. The van der Waals surface area contributed by atoms with Gasteiger partial charge in [0.2, 0.25) is 0 Å². The Morgan fingerprint density at radius 3 is 2.48 bits per heavy atom. The van der Waals surface area contributed by atoms with Crippen LogP contribution >= 0.6 is 0 Å². The molecule has 122 valence electrons. The van der Waals surface area contributed by atoms with Crippen LogP contribution in [0.4, 0.5) is 0 Å². The van der Waals surface area contributed by atoms with Crippen LogP contribution in [0.15, 0.2) is 48.5 Å². The smallest absolute Gasteiger partial charge is 0.253 e. The number of hydrogen-bond acceptors (Lipinski definition) is 3. The van der Waals surface area contributed by atoms with Crippen molar-refractivity contribution in [3.05, 3.63) is 59.7 Å². The predicted molar refractivity (Wildman–Crippen MR) is 91.2 cm³/mol. The summed E-state index contributed by atoms with van der Waals surface area (Å²) < 4.78 is 11.1. The average molecular weight is 313 g/mol. The number of hydrogen-bond donors (Lipinski definition) is 0. The molecular weight excluding hydrogens is 290 g/mol. The van der Waals surface area contributed by atoms with Crippen molar-refractivity contribution in [2.45, 2.75) is 13.8 Å². The molecule has 23 heavy (non-hydrogen) atoms. The first kappa shape index (κ1) is 16.9. The minimum Gasteiger partial charge on any atom is -0.494 e. The minimum absolute atomic E-state index is 0.0205. The number of aryl methyl sites for hydroxylation is 1. The molecule has 0 spiro atoms. The Kier molecular flexibility index (Phi) is 6.03. The predicted octanol–water partition coefficient (Wildman–Crippen LogP) is 3.54. The van der Waals surface area contributed by atoms with Gasteiger partial charge >= 0.3 is 0 Å². The van der Waals surface area contributed by atoms with Gasteiger partial charge in [-0.3, -0.25) is 4.79 Å². The Morgan fingerprint density at radius 2 is 1.83 bits per heavy atom. The maximum absolute atomic E-state index is 12.4. The van der Waals surface area contributed by atoms with E-state index in [2.05, 4.69) is 0 Å². The van der Waals surface area contributed by atoms with Gasteiger partial charge in [-0.25, -0.2) is 0 Å². The van der Waals surface area contributed by atoms with Crippen LogP contribution in [0.25, 0.3) is 0 Å². The second-order valence-electron chi connectivity index (χ2n) is 5.30. The topological polar surface area (TPSA) is 38.8 Å². The van der Waals surface area contributed by atoms with Crippen molar-refractivity contribution in [3.8, 4) is 11.5 Å². The summed E-state index contributed by atoms with van der Waals surface area (Å²) in [7, 11) is 1.78. The summed E-state index contributed by atoms with van der Waals surface area (Å²) in [6, 6.07) is 15.1. The van der Waals surface area contributed by atoms with E-state index < -0.39 is 0 Å². The first-order valence-corrected chi connectivity index (χ1v) is 7.78. The van der Waals surface area contributed by atoms with Crippen molar-refractivity contribution < 1.29 is 14.3 Å². The molecule has 0 aliphatic rings. The number of rotatable bonds is 7. The third kappa shape index (κ3) is 4.74. The van der Waals surface area contributed by atoms with Crippen LogP contribution in [0.3, 0.4) is 0 Å². The van der Waals surface area contributed by atoms with E-state index in [-0.39, 0.29) is 5.91 Å². The Balaban J connectivity index is 1.90. The van der Waals surface area contributed by atoms with Crippen LogP contribution in [0.5, 0.6) is 11.5 Å². The first-order chi connectivity index (χ1) is 11.1. The zero-order valence-electron chi connectivity index (χ0n) is 13.9. The van der Waals surface area contributed by atoms with Crippen LogP contribution in [-0.2, 0) is 0 Å². The molecule has 0 atom stereocenters. The summed E-state index contributed by atoms with van der Waals surface area (Å²) in [5.41, 5.74) is 1.62. The number of nitrogens with zero attached hydrogens (tertiary/aromatic N) is 1. The van der Waals surface area contributed by atoms with E-state index in [1.807, 2.05) is 56.3 Å². The molecule has 0 aromatic heterocycles. The zero-order valence-corrected chi connectivity index (χ0v) is 13.9. The molecule has 0 radical (unpaired) electrons. The minimum atomic E-state index is -0.0205. The van der Waals surface area contributed by atoms with E-state index in [1.54, 1.807) is 18.0 Å². The maximum Gasteiger partial charge on any atom is 0.253 e. The van der Waals surface area contributed by atoms with E-state index in [4.69, 9.17) is 9.47 Å². The number of likely N-dealkylation sites (N-methyl/N-ethyl adjacent to an activating group) is 1. The van der Waals surface area contributed by atoms with E-state index in [0.717, 1.165) is 17.1 Å². The molecule has 0 N–H and O–H groups in total. The normalized spacial score (nSPS) is 10.2. The average Bonchev–Trinajstić information content (AvgIpc) is 2.57. The van der Waals surface area contributed by atoms with E-state index >= 15 is 0 Å². The summed E-state index contributed by atoms with van der Waals surface area (Å²) in [5.74, 6) is 1.61. The molecule has 0 fully saturated rings. The SMILES string of the molecule is CCOc1ccc(C(=O)N(C)CCOc2ccccc2)cc1C. The lowest BCUT2D eigenvalue weighted by atomic mass is 10.1. The highest BCUT2D eigenvalue weighted by atomic mass is 16.5. The number of para-hydroxylation sites is 1. The number of carbonyl (C=O) groups excluding carboxylic acids is 1. The highest BCUT2D eigenvalue weighted by molar-refractivity contribution is 5.94. The van der Waals surface area contributed by atoms with Crippen molar-refractivity contribution in [2.24, 2.45) is 0 Å². The lowest BCUT2D eigenvalue weighted by molar-refractivity contribution is 0.0773. The fourth-order valence-electron chi connectivity index (χ4n) is 2.24. The third-order valence-corrected chi connectivity index (χ3v) is 3.51. The summed E-state index contributed by atoms with van der Waals surface area (Å²) in [5, 5.41) is 0. The maximum atomic E-state index is 12.4. The molecule has 0 aliphatic heterocycles. The summed E-state index contributed by atoms with van der Waals surface area (Å²) in [6.07, 6.45) is 0. The lowest BCUT2D eigenvalue weighted by Gasteiger charge is -2.18. The van der Waals surface area contributed by atoms with E-state index in [9.17, 15) is 4.79 Å². The van der Waals surface area contributed by atoms with Crippen molar-refractivity contribution >= 4 is 5.91 Å². The van der Waals surface area contributed by atoms with Gasteiger partial charge in [0.25, 0.3) is 5.91 Å². The highest BCUT2D eigenvalue weighted by Crippen LogP contribution is 2.20. The molecule has 0 aliphatic carbocycles. The molecule has 0 saturated heterocycles. The van der Waals surface area contributed by atoms with Crippen molar-refractivity contribution in [3.63, 3.8) is 0 Å². The van der Waals surface area contributed by atoms with Crippen molar-refractivity contribution in [2.75, 3.05) is 26.8 Å². The number of benzene rings is 2. The molecule has 2 aromatic carbocycles. The van der Waals surface area contributed by atoms with Crippen LogP contribution in [0, 0.1) is 6.92 Å². The summed E-state index contributed by atoms with van der Waals surface area (Å²) in [6.45, 7) is 5.49. The number of ether oxygens (including phenoxy) is 2. The zero-order chi connectivity index (χ0) is 16.7. The summed E-state index contributed by atoms with van der Waals surface area (Å²) >= 11 is 0. The molecule has 1 amide bonds. The van der Waals surface area contributed by atoms with Crippen LogP contribution < -0.4 is 9.47 Å². The fourth-order valence-corrected chi connectivity index (χ4v) is 2.24. The molecule has 0 heterocycles. The Hall–Kier alpha value is -2.49. The van der Waals surface area contributed by atoms with Gasteiger partial charge in [0.15, 0.2) is 0 Å². The number of carbonyl (C=O) groups is 1. The number of amides is 1. The molecule has 4 nitrogen and oxygen atoms in total. The molecule has 0 bridgehead atoms. The van der Waals surface area contributed by atoms with Gasteiger partial charge in [-0.15, -0.1) is 0 Å². The lowest BCUT2D eigenvalue weighted by Crippen LogP contribution is -2.30. The van der Waals surface area contributed by atoms with Crippen LogP contribution in [0.2, 0.25) is 0 Å². The standard InChI is InChI=1S/C19H23NO3/c1-4-22-18-11-10-16(14-15(18)2)19(21)20(3)12-13-23-17-8-6-5-7-9-17/h5-11,14H,4,12-13H2,1-3H3. The largest absolute Gasteiger partial charge is 0.494 e. The summed E-state index contributed by atoms with van der Waals surface area (Å²) in [4.78, 5) is 14.1. The Bertz CT molecular complexity index is 640. The second-order valence-corrected chi connectivity index (χ2v) is 5.30. The quantitative estimate of drug-likeness (QED) is 0.785. The van der Waals surface area contributed by atoms with Gasteiger partial charge in [0.05, 0.1) is 13.2 Å². The van der Waals surface area contributed by atoms with E-state index in [0.29, 0.717) is 25.3 Å². The van der Waals surface area contributed by atoms with Gasteiger partial charge in [-0.05, 0) is 49.7 Å². The first-order valence-electron chi connectivity index (χ1n) is 7.78. The second kappa shape index (κ2) is 8.22. The molecule has 2 rings (SSSR count). The van der Waals surface area contributed by atoms with Gasteiger partial charge < -0.3 is 14.4 Å². The van der Waals surface area contributed by atoms with Crippen LogP contribution in [0.1, 0.15) is 22.8 Å². The van der Waals surface area contributed by atoms with Crippen molar-refractivity contribution in [1.82, 2.24) is 4.90 Å². The molecule has 0 unspecified atom stereocenters. The molecule has 2 aromatic rings. The molecule has 0 saturated carbocycles.